The molecule has 21 heavy (non-hydrogen) atoms. The molecule has 0 aliphatic heterocycles. The van der Waals surface area contributed by atoms with Crippen LogP contribution in [-0.4, -0.2) is 36.1 Å². The van der Waals surface area contributed by atoms with Crippen LogP contribution in [0.15, 0.2) is 18.2 Å². The molecule has 0 spiro atoms. The van der Waals surface area contributed by atoms with Crippen LogP contribution in [0.1, 0.15) is 28.8 Å². The number of methoxy groups -OCH3 is 1. The van der Waals surface area contributed by atoms with Crippen LogP contribution in [0.5, 0.6) is 0 Å². The molecule has 0 bridgehead atoms. The van der Waals surface area contributed by atoms with Gasteiger partial charge in [0.25, 0.3) is 5.91 Å². The van der Waals surface area contributed by atoms with Crippen LogP contribution >= 0.6 is 11.6 Å². The number of benzene rings is 1. The Morgan fingerprint density at radius 2 is 2.05 bits per heavy atom. The molecule has 7 heteroatoms. The number of aliphatic carboxylic acids is 1. The zero-order valence-electron chi connectivity index (χ0n) is 11.7. The van der Waals surface area contributed by atoms with Gasteiger partial charge in [0.15, 0.2) is 0 Å². The Labute approximate surface area is 127 Å². The minimum absolute atomic E-state index is 0.0584. The summed E-state index contributed by atoms with van der Waals surface area (Å²) in [6.45, 7) is 1.74. The molecule has 0 saturated carbocycles. The first kappa shape index (κ1) is 17.0. The van der Waals surface area contributed by atoms with Gasteiger partial charge in [0.1, 0.15) is 6.04 Å². The summed E-state index contributed by atoms with van der Waals surface area (Å²) in [7, 11) is 1.21. The molecular formula is C14H16ClNO5. The van der Waals surface area contributed by atoms with Crippen molar-refractivity contribution in [2.75, 3.05) is 7.11 Å². The Morgan fingerprint density at radius 3 is 2.62 bits per heavy atom. The van der Waals surface area contributed by atoms with Gasteiger partial charge < -0.3 is 15.2 Å². The third kappa shape index (κ3) is 4.75. The number of hydrogen-bond acceptors (Lipinski definition) is 4. The number of rotatable bonds is 6. The first-order chi connectivity index (χ1) is 9.86. The number of aryl methyl sites for hydroxylation is 1. The fourth-order valence-corrected chi connectivity index (χ4v) is 1.89. The van der Waals surface area contributed by atoms with Crippen molar-refractivity contribution in [1.82, 2.24) is 5.32 Å². The van der Waals surface area contributed by atoms with Crippen molar-refractivity contribution in [1.29, 1.82) is 0 Å². The number of carbonyl (C=O) groups excluding carboxylic acids is 2. The number of carboxylic acid groups (broad SMARTS) is 1. The summed E-state index contributed by atoms with van der Waals surface area (Å²) in [4.78, 5) is 34.2. The largest absolute Gasteiger partial charge is 0.480 e. The van der Waals surface area contributed by atoms with Crippen molar-refractivity contribution in [2.24, 2.45) is 0 Å². The highest BCUT2D eigenvalue weighted by Crippen LogP contribution is 2.20. The first-order valence-electron chi connectivity index (χ1n) is 6.22. The fourth-order valence-electron chi connectivity index (χ4n) is 1.68. The molecule has 0 fully saturated rings. The molecule has 1 aromatic carbocycles. The predicted octanol–water partition coefficient (Wildman–Crippen LogP) is 1.78. The minimum atomic E-state index is -1.23. The summed E-state index contributed by atoms with van der Waals surface area (Å²) < 4.78 is 4.44. The second kappa shape index (κ2) is 7.64. The number of carboxylic acids is 1. The smallest absolute Gasteiger partial charge is 0.326 e. The summed E-state index contributed by atoms with van der Waals surface area (Å²) in [6.07, 6.45) is -0.160. The van der Waals surface area contributed by atoms with Gasteiger partial charge in [-0.1, -0.05) is 23.7 Å². The maximum absolute atomic E-state index is 12.1. The van der Waals surface area contributed by atoms with Gasteiger partial charge in [-0.3, -0.25) is 9.59 Å². The van der Waals surface area contributed by atoms with Gasteiger partial charge in [0, 0.05) is 6.42 Å². The van der Waals surface area contributed by atoms with Gasteiger partial charge in [-0.15, -0.1) is 0 Å². The lowest BCUT2D eigenvalue weighted by atomic mass is 10.1. The SMILES string of the molecule is COC(=O)CCC(NC(=O)c1cccc(C)c1Cl)C(=O)O. The van der Waals surface area contributed by atoms with E-state index in [1.54, 1.807) is 19.1 Å². The predicted molar refractivity (Wildman–Crippen MR) is 76.3 cm³/mol. The van der Waals surface area contributed by atoms with Crippen LogP contribution in [0, 0.1) is 6.92 Å². The van der Waals surface area contributed by atoms with Gasteiger partial charge in [-0.05, 0) is 25.0 Å². The lowest BCUT2D eigenvalue weighted by Crippen LogP contribution is -2.41. The Morgan fingerprint density at radius 1 is 1.38 bits per heavy atom. The van der Waals surface area contributed by atoms with E-state index < -0.39 is 23.9 Å². The number of halogens is 1. The topological polar surface area (TPSA) is 92.7 Å². The first-order valence-corrected chi connectivity index (χ1v) is 6.60. The molecular weight excluding hydrogens is 298 g/mol. The molecule has 0 heterocycles. The van der Waals surface area contributed by atoms with Crippen molar-refractivity contribution in [2.45, 2.75) is 25.8 Å². The number of esters is 1. The van der Waals surface area contributed by atoms with E-state index in [0.29, 0.717) is 5.56 Å². The van der Waals surface area contributed by atoms with Crippen LogP contribution in [0.4, 0.5) is 0 Å². The van der Waals surface area contributed by atoms with Crippen molar-refractivity contribution < 1.29 is 24.2 Å². The maximum atomic E-state index is 12.1. The normalized spacial score (nSPS) is 11.6. The highest BCUT2D eigenvalue weighted by Gasteiger charge is 2.23. The van der Waals surface area contributed by atoms with Crippen LogP contribution in [-0.2, 0) is 14.3 Å². The summed E-state index contributed by atoms with van der Waals surface area (Å²) >= 11 is 6.02. The van der Waals surface area contributed by atoms with Crippen molar-refractivity contribution in [3.8, 4) is 0 Å². The molecule has 1 rings (SSSR count). The second-order valence-corrected chi connectivity index (χ2v) is 4.79. The molecule has 0 aliphatic carbocycles. The van der Waals surface area contributed by atoms with Gasteiger partial charge in [-0.25, -0.2) is 4.79 Å². The molecule has 2 N–H and O–H groups in total. The molecule has 1 atom stereocenters. The molecule has 0 aromatic heterocycles. The van der Waals surface area contributed by atoms with E-state index in [0.717, 1.165) is 0 Å². The highest BCUT2D eigenvalue weighted by molar-refractivity contribution is 6.34. The van der Waals surface area contributed by atoms with E-state index in [-0.39, 0.29) is 23.4 Å². The quantitative estimate of drug-likeness (QED) is 0.781. The van der Waals surface area contributed by atoms with Gasteiger partial charge >= 0.3 is 11.9 Å². The van der Waals surface area contributed by atoms with Crippen LogP contribution in [0.3, 0.4) is 0 Å². The third-order valence-electron chi connectivity index (χ3n) is 2.90. The molecule has 1 aromatic rings. The maximum Gasteiger partial charge on any atom is 0.326 e. The molecule has 1 amide bonds. The van der Waals surface area contributed by atoms with E-state index in [1.165, 1.54) is 13.2 Å². The Hall–Kier alpha value is -2.08. The van der Waals surface area contributed by atoms with E-state index in [1.807, 2.05) is 0 Å². The summed E-state index contributed by atoms with van der Waals surface area (Å²) in [5.74, 6) is -2.36. The minimum Gasteiger partial charge on any atom is -0.480 e. The number of carbonyl (C=O) groups is 3. The Kier molecular flexibility index (Phi) is 6.17. The number of amides is 1. The lowest BCUT2D eigenvalue weighted by molar-refractivity contribution is -0.142. The second-order valence-electron chi connectivity index (χ2n) is 4.42. The summed E-state index contributed by atoms with van der Waals surface area (Å²) in [5, 5.41) is 11.7. The van der Waals surface area contributed by atoms with Crippen molar-refractivity contribution >= 4 is 29.4 Å². The van der Waals surface area contributed by atoms with Crippen LogP contribution in [0.2, 0.25) is 5.02 Å². The van der Waals surface area contributed by atoms with Crippen molar-refractivity contribution in [3.63, 3.8) is 0 Å². The van der Waals surface area contributed by atoms with Crippen LogP contribution in [0.25, 0.3) is 0 Å². The van der Waals surface area contributed by atoms with E-state index >= 15 is 0 Å². The lowest BCUT2D eigenvalue weighted by Gasteiger charge is -2.15. The average molecular weight is 314 g/mol. The number of ether oxygens (including phenoxy) is 1. The highest BCUT2D eigenvalue weighted by atomic mass is 35.5. The van der Waals surface area contributed by atoms with Crippen LogP contribution < -0.4 is 5.32 Å². The summed E-state index contributed by atoms with van der Waals surface area (Å²) in [5.41, 5.74) is 0.909. The van der Waals surface area contributed by atoms with E-state index in [4.69, 9.17) is 16.7 Å². The average Bonchev–Trinajstić information content (AvgIpc) is 2.45. The Bertz CT molecular complexity index is 558. The molecule has 0 saturated heterocycles. The molecule has 6 nitrogen and oxygen atoms in total. The number of hydrogen-bond donors (Lipinski definition) is 2. The molecule has 0 aliphatic rings. The Balaban J connectivity index is 2.79. The van der Waals surface area contributed by atoms with Gasteiger partial charge in [0.2, 0.25) is 0 Å². The van der Waals surface area contributed by atoms with Crippen molar-refractivity contribution in [3.05, 3.63) is 34.3 Å². The van der Waals surface area contributed by atoms with Gasteiger partial charge in [-0.2, -0.15) is 0 Å². The summed E-state index contributed by atoms with van der Waals surface area (Å²) in [6, 6.07) is 3.71. The monoisotopic (exact) mass is 313 g/mol. The van der Waals surface area contributed by atoms with E-state index in [2.05, 4.69) is 10.1 Å². The molecule has 1 unspecified atom stereocenters. The zero-order chi connectivity index (χ0) is 16.0. The van der Waals surface area contributed by atoms with E-state index in [9.17, 15) is 14.4 Å². The molecule has 0 radical (unpaired) electrons. The molecule has 114 valence electrons. The zero-order valence-corrected chi connectivity index (χ0v) is 12.4. The fraction of sp³-hybridized carbons (Fsp3) is 0.357. The third-order valence-corrected chi connectivity index (χ3v) is 3.41. The number of nitrogens with one attached hydrogen (secondary N) is 1. The standard InChI is InChI=1S/C14H16ClNO5/c1-8-4-3-5-9(12(8)15)13(18)16-10(14(19)20)6-7-11(17)21-2/h3-5,10H,6-7H2,1-2H3,(H,16,18)(H,19,20). The van der Waals surface area contributed by atoms with Gasteiger partial charge in [0.05, 0.1) is 17.7 Å².